The van der Waals surface area contributed by atoms with E-state index in [1.165, 1.54) is 0 Å². The number of benzene rings is 2. The lowest BCUT2D eigenvalue weighted by Gasteiger charge is -2.07. The van der Waals surface area contributed by atoms with Crippen molar-refractivity contribution in [3.05, 3.63) is 66.5 Å². The van der Waals surface area contributed by atoms with Crippen molar-refractivity contribution in [2.75, 3.05) is 0 Å². The van der Waals surface area contributed by atoms with Gasteiger partial charge in [0, 0.05) is 11.8 Å². The Morgan fingerprint density at radius 1 is 1.00 bits per heavy atom. The Hall–Kier alpha value is -2.66. The van der Waals surface area contributed by atoms with Crippen LogP contribution < -0.4 is 0 Å². The highest BCUT2D eigenvalue weighted by molar-refractivity contribution is 5.97. The van der Waals surface area contributed by atoms with E-state index >= 15 is 0 Å². The van der Waals surface area contributed by atoms with Crippen LogP contribution >= 0.6 is 0 Å². The minimum atomic E-state index is 0.453. The third kappa shape index (κ3) is 1.63. The van der Waals surface area contributed by atoms with Crippen molar-refractivity contribution < 1.29 is 0 Å². The van der Waals surface area contributed by atoms with Crippen molar-refractivity contribution in [2.45, 2.75) is 0 Å². The number of hydrogen-bond donors (Lipinski definition) is 0. The molecule has 3 rings (SSSR count). The normalized spacial score (nSPS) is 10.2. The highest BCUT2D eigenvalue weighted by atomic mass is 14.7. The summed E-state index contributed by atoms with van der Waals surface area (Å²) in [6.07, 6.45) is 1.64. The van der Waals surface area contributed by atoms with Crippen molar-refractivity contribution in [3.63, 3.8) is 0 Å². The fraction of sp³-hybridized carbons (Fsp3) is 0. The van der Waals surface area contributed by atoms with E-state index in [2.05, 4.69) is 17.1 Å². The molecule has 0 amide bonds. The molecule has 3 aromatic rings. The summed E-state index contributed by atoms with van der Waals surface area (Å²) in [5.74, 6) is 0. The van der Waals surface area contributed by atoms with Crippen LogP contribution in [0.25, 0.3) is 21.9 Å². The quantitative estimate of drug-likeness (QED) is 0.639. The third-order valence-electron chi connectivity index (χ3n) is 2.91. The number of hydrogen-bond acceptors (Lipinski definition) is 2. The second kappa shape index (κ2) is 4.31. The van der Waals surface area contributed by atoms with Crippen molar-refractivity contribution in [2.24, 2.45) is 0 Å². The van der Waals surface area contributed by atoms with Crippen LogP contribution in [0.2, 0.25) is 0 Å². The molecule has 1 aromatic heterocycles. The van der Waals surface area contributed by atoms with Gasteiger partial charge in [0.15, 0.2) is 0 Å². The molecule has 0 atom stereocenters. The largest absolute Gasteiger partial charge is 0.245 e. The summed E-state index contributed by atoms with van der Waals surface area (Å²) in [4.78, 5) is 4.11. The molecule has 2 nitrogen and oxygen atoms in total. The first-order valence-corrected chi connectivity index (χ1v) is 5.65. The van der Waals surface area contributed by atoms with Gasteiger partial charge in [-0.25, -0.2) is 4.98 Å². The molecule has 0 N–H and O–H groups in total. The molecule has 1 heterocycles. The first-order chi connectivity index (χ1) is 8.90. The van der Waals surface area contributed by atoms with Crippen LogP contribution in [-0.4, -0.2) is 4.98 Å². The molecule has 0 saturated carbocycles. The van der Waals surface area contributed by atoms with E-state index in [-0.39, 0.29) is 0 Å². The van der Waals surface area contributed by atoms with E-state index in [0.29, 0.717) is 5.69 Å². The van der Waals surface area contributed by atoms with E-state index in [1.54, 1.807) is 6.20 Å². The van der Waals surface area contributed by atoms with Gasteiger partial charge in [0.25, 0.3) is 0 Å². The smallest absolute Gasteiger partial charge is 0.148 e. The summed E-state index contributed by atoms with van der Waals surface area (Å²) in [6, 6.07) is 21.0. The summed E-state index contributed by atoms with van der Waals surface area (Å²) >= 11 is 0. The maximum atomic E-state index is 9.13. The third-order valence-corrected chi connectivity index (χ3v) is 2.91. The summed E-state index contributed by atoms with van der Waals surface area (Å²) < 4.78 is 0. The van der Waals surface area contributed by atoms with Gasteiger partial charge in [0.1, 0.15) is 11.8 Å². The molecule has 2 aromatic carbocycles. The first kappa shape index (κ1) is 10.5. The molecule has 0 unspecified atom stereocenters. The topological polar surface area (TPSA) is 36.7 Å². The van der Waals surface area contributed by atoms with Gasteiger partial charge in [0.05, 0.1) is 0 Å². The fourth-order valence-corrected chi connectivity index (χ4v) is 2.10. The van der Waals surface area contributed by atoms with E-state index < -0.39 is 0 Å². The summed E-state index contributed by atoms with van der Waals surface area (Å²) in [6.45, 7) is 0. The summed E-state index contributed by atoms with van der Waals surface area (Å²) in [5.41, 5.74) is 2.34. The molecule has 83 valence electrons. The van der Waals surface area contributed by atoms with Crippen LogP contribution in [0.15, 0.2) is 54.7 Å². The maximum absolute atomic E-state index is 9.13. The van der Waals surface area contributed by atoms with Gasteiger partial charge < -0.3 is 0 Å². The highest BCUT2D eigenvalue weighted by Gasteiger charge is 2.08. The van der Waals surface area contributed by atoms with Crippen LogP contribution in [0, 0.1) is 17.4 Å². The Balaban J connectivity index is 2.36. The predicted molar refractivity (Wildman–Crippen MR) is 70.7 cm³/mol. The minimum absolute atomic E-state index is 0.453. The fourth-order valence-electron chi connectivity index (χ4n) is 2.10. The zero-order valence-electron chi connectivity index (χ0n) is 9.59. The molecular formula is C16H9N2. The van der Waals surface area contributed by atoms with Gasteiger partial charge in [-0.2, -0.15) is 5.26 Å². The van der Waals surface area contributed by atoms with Crippen LogP contribution in [0.3, 0.4) is 0 Å². The van der Waals surface area contributed by atoms with Crippen LogP contribution in [0.5, 0.6) is 0 Å². The molecule has 0 bridgehead atoms. The van der Waals surface area contributed by atoms with Crippen LogP contribution in [0.1, 0.15) is 5.69 Å². The van der Waals surface area contributed by atoms with E-state index in [4.69, 9.17) is 5.26 Å². The lowest BCUT2D eigenvalue weighted by atomic mass is 9.97. The predicted octanol–water partition coefficient (Wildman–Crippen LogP) is 3.57. The lowest BCUT2D eigenvalue weighted by Crippen LogP contribution is -1.89. The van der Waals surface area contributed by atoms with Gasteiger partial charge in [-0.05, 0) is 34.5 Å². The SMILES string of the molecule is N#Cc1ncccc1-c1cc[c]c2ccccc12. The Morgan fingerprint density at radius 2 is 1.89 bits per heavy atom. The summed E-state index contributed by atoms with van der Waals surface area (Å²) in [7, 11) is 0. The zero-order valence-corrected chi connectivity index (χ0v) is 9.59. The molecule has 0 aliphatic carbocycles. The number of fused-ring (bicyclic) bond motifs is 1. The molecular weight excluding hydrogens is 220 g/mol. The molecule has 1 radical (unpaired) electrons. The van der Waals surface area contributed by atoms with Crippen LogP contribution in [-0.2, 0) is 0 Å². The Morgan fingerprint density at radius 3 is 2.78 bits per heavy atom. The van der Waals surface area contributed by atoms with E-state index in [1.807, 2.05) is 48.5 Å². The van der Waals surface area contributed by atoms with Gasteiger partial charge in [-0.1, -0.05) is 36.4 Å². The number of pyridine rings is 1. The monoisotopic (exact) mass is 229 g/mol. The molecule has 2 heteroatoms. The molecule has 0 fully saturated rings. The number of rotatable bonds is 1. The zero-order chi connectivity index (χ0) is 12.4. The van der Waals surface area contributed by atoms with Crippen molar-refractivity contribution in [1.82, 2.24) is 4.98 Å². The Kier molecular flexibility index (Phi) is 2.51. The number of nitriles is 1. The molecule has 18 heavy (non-hydrogen) atoms. The van der Waals surface area contributed by atoms with E-state index in [9.17, 15) is 0 Å². The highest BCUT2D eigenvalue weighted by Crippen LogP contribution is 2.29. The standard InChI is InChI=1S/C16H9N2/c17-11-16-15(9-4-10-18-16)14-8-3-6-12-5-1-2-7-13(12)14/h1-5,7-10H. The van der Waals surface area contributed by atoms with Crippen molar-refractivity contribution >= 4 is 10.8 Å². The molecule has 0 aliphatic heterocycles. The van der Waals surface area contributed by atoms with Crippen molar-refractivity contribution in [3.8, 4) is 17.2 Å². The number of aromatic nitrogens is 1. The van der Waals surface area contributed by atoms with E-state index in [0.717, 1.165) is 21.9 Å². The van der Waals surface area contributed by atoms with Gasteiger partial charge >= 0.3 is 0 Å². The molecule has 0 spiro atoms. The van der Waals surface area contributed by atoms with Gasteiger partial charge in [0.2, 0.25) is 0 Å². The van der Waals surface area contributed by atoms with Crippen molar-refractivity contribution in [1.29, 1.82) is 5.26 Å². The number of nitrogens with zero attached hydrogens (tertiary/aromatic N) is 2. The first-order valence-electron chi connectivity index (χ1n) is 5.65. The Bertz CT molecular complexity index is 749. The van der Waals surface area contributed by atoms with Gasteiger partial charge in [-0.15, -0.1) is 0 Å². The minimum Gasteiger partial charge on any atom is -0.245 e. The lowest BCUT2D eigenvalue weighted by molar-refractivity contribution is 1.27. The Labute approximate surface area is 105 Å². The second-order valence-corrected chi connectivity index (χ2v) is 3.95. The molecule has 0 saturated heterocycles. The second-order valence-electron chi connectivity index (χ2n) is 3.95. The average Bonchev–Trinajstić information content (AvgIpc) is 2.46. The van der Waals surface area contributed by atoms with Crippen LogP contribution in [0.4, 0.5) is 0 Å². The molecule has 0 aliphatic rings. The summed E-state index contributed by atoms with van der Waals surface area (Å²) in [5, 5.41) is 11.3. The van der Waals surface area contributed by atoms with Gasteiger partial charge in [-0.3, -0.25) is 0 Å². The average molecular weight is 229 g/mol. The maximum Gasteiger partial charge on any atom is 0.148 e.